The Morgan fingerprint density at radius 3 is 2.68 bits per heavy atom. The van der Waals surface area contributed by atoms with E-state index >= 15 is 0 Å². The van der Waals surface area contributed by atoms with E-state index in [4.69, 9.17) is 11.6 Å². The number of nitrogens with zero attached hydrogens (tertiary/aromatic N) is 1. The predicted octanol–water partition coefficient (Wildman–Crippen LogP) is 6.11. The zero-order chi connectivity index (χ0) is 24.3. The van der Waals surface area contributed by atoms with Gasteiger partial charge in [-0.25, -0.2) is 9.78 Å². The Morgan fingerprint density at radius 2 is 2.00 bits per heavy atom. The maximum atomic E-state index is 13.3. The van der Waals surface area contributed by atoms with Crippen molar-refractivity contribution in [1.29, 1.82) is 0 Å². The molecular formula is C26H30ClN3O4. The molecule has 4 atom stereocenters. The Balaban J connectivity index is 1.35. The van der Waals surface area contributed by atoms with Gasteiger partial charge in [0.1, 0.15) is 11.6 Å². The van der Waals surface area contributed by atoms with E-state index < -0.39 is 17.4 Å². The molecular weight excluding hydrogens is 454 g/mol. The number of ketones is 1. The lowest BCUT2D eigenvalue weighted by atomic mass is 9.56. The van der Waals surface area contributed by atoms with Crippen LogP contribution in [-0.2, 0) is 9.59 Å². The SMILES string of the molecule is CCC1(CC(=O)O)CCC2CC(c3ccc(NC(=O)Nc4cccc(Cl)c4)nc3)CCC2C1=O. The van der Waals surface area contributed by atoms with E-state index in [9.17, 15) is 19.5 Å². The van der Waals surface area contributed by atoms with Crippen LogP contribution in [-0.4, -0.2) is 27.9 Å². The van der Waals surface area contributed by atoms with Crippen molar-refractivity contribution in [3.63, 3.8) is 0 Å². The van der Waals surface area contributed by atoms with Gasteiger partial charge in [0.25, 0.3) is 0 Å². The molecule has 1 heterocycles. The normalized spacial score (nSPS) is 26.4. The monoisotopic (exact) mass is 483 g/mol. The number of carbonyl (C=O) groups excluding carboxylic acids is 2. The Labute approximate surface area is 204 Å². The number of amides is 2. The molecule has 4 unspecified atom stereocenters. The highest BCUT2D eigenvalue weighted by molar-refractivity contribution is 6.30. The summed E-state index contributed by atoms with van der Waals surface area (Å²) in [6, 6.07) is 10.3. The molecule has 3 N–H and O–H groups in total. The molecule has 0 spiro atoms. The maximum Gasteiger partial charge on any atom is 0.324 e. The van der Waals surface area contributed by atoms with Crippen molar-refractivity contribution in [2.75, 3.05) is 10.6 Å². The number of urea groups is 1. The molecule has 2 saturated carbocycles. The quantitative estimate of drug-likeness (QED) is 0.459. The second-order valence-electron chi connectivity index (χ2n) is 9.55. The van der Waals surface area contributed by atoms with Crippen molar-refractivity contribution in [2.45, 2.75) is 57.8 Å². The molecule has 1 aromatic carbocycles. The molecule has 2 aliphatic rings. The number of carbonyl (C=O) groups is 3. The third kappa shape index (κ3) is 5.25. The van der Waals surface area contributed by atoms with Crippen LogP contribution in [0.25, 0.3) is 0 Å². The number of pyridine rings is 1. The predicted molar refractivity (Wildman–Crippen MR) is 131 cm³/mol. The summed E-state index contributed by atoms with van der Waals surface area (Å²) < 4.78 is 0. The Hall–Kier alpha value is -2.93. The van der Waals surface area contributed by atoms with Gasteiger partial charge in [-0.1, -0.05) is 30.7 Å². The van der Waals surface area contributed by atoms with E-state index in [1.165, 1.54) is 0 Å². The van der Waals surface area contributed by atoms with Gasteiger partial charge in [0.05, 0.1) is 6.42 Å². The van der Waals surface area contributed by atoms with Crippen molar-refractivity contribution in [1.82, 2.24) is 4.98 Å². The maximum absolute atomic E-state index is 13.3. The largest absolute Gasteiger partial charge is 0.481 e. The molecule has 2 aromatic rings. The first-order valence-corrected chi connectivity index (χ1v) is 12.2. The molecule has 0 aliphatic heterocycles. The van der Waals surface area contributed by atoms with Crippen molar-refractivity contribution < 1.29 is 19.5 Å². The molecule has 34 heavy (non-hydrogen) atoms. The van der Waals surface area contributed by atoms with Crippen LogP contribution < -0.4 is 10.6 Å². The Morgan fingerprint density at radius 1 is 1.18 bits per heavy atom. The van der Waals surface area contributed by atoms with Gasteiger partial charge in [-0.2, -0.15) is 0 Å². The summed E-state index contributed by atoms with van der Waals surface area (Å²) in [6.45, 7) is 1.93. The van der Waals surface area contributed by atoms with Crippen LogP contribution in [0.4, 0.5) is 16.3 Å². The summed E-state index contributed by atoms with van der Waals surface area (Å²) >= 11 is 5.95. The van der Waals surface area contributed by atoms with Gasteiger partial charge in [0.15, 0.2) is 0 Å². The first-order chi connectivity index (χ1) is 16.3. The fourth-order valence-electron chi connectivity index (χ4n) is 5.72. The van der Waals surface area contributed by atoms with Gasteiger partial charge in [-0.05, 0) is 80.2 Å². The van der Waals surface area contributed by atoms with Crippen LogP contribution in [0.2, 0.25) is 5.02 Å². The molecule has 2 amide bonds. The van der Waals surface area contributed by atoms with Crippen molar-refractivity contribution in [3.8, 4) is 0 Å². The third-order valence-electron chi connectivity index (χ3n) is 7.58. The topological polar surface area (TPSA) is 108 Å². The number of carboxylic acid groups (broad SMARTS) is 1. The molecule has 180 valence electrons. The lowest BCUT2D eigenvalue weighted by Gasteiger charge is -2.46. The summed E-state index contributed by atoms with van der Waals surface area (Å²) in [7, 11) is 0. The first kappa shape index (κ1) is 24.2. The molecule has 2 fully saturated rings. The molecule has 0 saturated heterocycles. The van der Waals surface area contributed by atoms with Gasteiger partial charge in [0.2, 0.25) is 0 Å². The van der Waals surface area contributed by atoms with E-state index in [0.717, 1.165) is 31.2 Å². The smallest absolute Gasteiger partial charge is 0.324 e. The number of anilines is 2. The second kappa shape index (κ2) is 10.1. The van der Waals surface area contributed by atoms with Crippen LogP contribution >= 0.6 is 11.6 Å². The zero-order valence-electron chi connectivity index (χ0n) is 19.2. The number of aliphatic carboxylic acids is 1. The van der Waals surface area contributed by atoms with E-state index in [2.05, 4.69) is 15.6 Å². The van der Waals surface area contributed by atoms with Crippen LogP contribution in [0, 0.1) is 17.3 Å². The Bertz CT molecular complexity index is 1070. The lowest BCUT2D eigenvalue weighted by Crippen LogP contribution is -2.46. The number of nitrogens with one attached hydrogen (secondary N) is 2. The number of hydrogen-bond donors (Lipinski definition) is 3. The number of hydrogen-bond acceptors (Lipinski definition) is 4. The van der Waals surface area contributed by atoms with E-state index in [1.54, 1.807) is 36.5 Å². The van der Waals surface area contributed by atoms with Crippen molar-refractivity contribution in [2.24, 2.45) is 17.3 Å². The molecule has 8 heteroatoms. The number of halogens is 1. The van der Waals surface area contributed by atoms with Gasteiger partial charge >= 0.3 is 12.0 Å². The fourth-order valence-corrected chi connectivity index (χ4v) is 5.91. The highest BCUT2D eigenvalue weighted by Gasteiger charge is 2.50. The minimum absolute atomic E-state index is 0.0339. The average molecular weight is 484 g/mol. The molecule has 1 aromatic heterocycles. The van der Waals surface area contributed by atoms with Gasteiger partial charge in [0, 0.05) is 28.2 Å². The van der Waals surface area contributed by atoms with Crippen LogP contribution in [0.5, 0.6) is 0 Å². The molecule has 2 aliphatic carbocycles. The van der Waals surface area contributed by atoms with Gasteiger partial charge < -0.3 is 10.4 Å². The van der Waals surface area contributed by atoms with Crippen LogP contribution in [0.1, 0.15) is 63.4 Å². The average Bonchev–Trinajstić information content (AvgIpc) is 2.81. The summed E-state index contributed by atoms with van der Waals surface area (Å²) in [6.07, 6.45) is 6.46. The van der Waals surface area contributed by atoms with E-state index in [-0.39, 0.29) is 18.1 Å². The minimum Gasteiger partial charge on any atom is -0.481 e. The standard InChI is InChI=1S/C26H30ClN3O4/c1-2-26(14-23(31)32)11-10-17-12-16(6-8-21(17)24(26)33)18-7-9-22(28-15-18)30-25(34)29-20-5-3-4-19(27)13-20/h3-5,7,9,13,15-17,21H,2,6,8,10-12,14H2,1H3,(H,31,32)(H2,28,29,30,34). The number of Topliss-reactive ketones (excluding diaryl/α,β-unsaturated/α-hetero) is 1. The summed E-state index contributed by atoms with van der Waals surface area (Å²) in [5, 5.41) is 15.3. The number of fused-ring (bicyclic) bond motifs is 1. The van der Waals surface area contributed by atoms with Crippen molar-refractivity contribution >= 4 is 40.9 Å². The minimum atomic E-state index is -0.886. The fraction of sp³-hybridized carbons (Fsp3) is 0.462. The summed E-state index contributed by atoms with van der Waals surface area (Å²) in [5.74, 6) is 0.295. The molecule has 0 bridgehead atoms. The Kier molecular flexibility index (Phi) is 7.22. The lowest BCUT2D eigenvalue weighted by molar-refractivity contribution is -0.151. The highest BCUT2D eigenvalue weighted by atomic mass is 35.5. The summed E-state index contributed by atoms with van der Waals surface area (Å²) in [4.78, 5) is 41.3. The van der Waals surface area contributed by atoms with E-state index in [0.29, 0.717) is 41.2 Å². The van der Waals surface area contributed by atoms with Crippen LogP contribution in [0.3, 0.4) is 0 Å². The van der Waals surface area contributed by atoms with Gasteiger partial charge in [-0.15, -0.1) is 0 Å². The molecule has 7 nitrogen and oxygen atoms in total. The van der Waals surface area contributed by atoms with Gasteiger partial charge in [-0.3, -0.25) is 14.9 Å². The number of carboxylic acids is 1. The van der Waals surface area contributed by atoms with E-state index in [1.807, 2.05) is 13.0 Å². The second-order valence-corrected chi connectivity index (χ2v) is 9.99. The number of rotatable bonds is 6. The summed E-state index contributed by atoms with van der Waals surface area (Å²) in [5.41, 5.74) is 1.00. The third-order valence-corrected chi connectivity index (χ3v) is 7.82. The number of benzene rings is 1. The van der Waals surface area contributed by atoms with Crippen LogP contribution in [0.15, 0.2) is 42.6 Å². The molecule has 4 rings (SSSR count). The number of aromatic nitrogens is 1. The molecule has 0 radical (unpaired) electrons. The highest BCUT2D eigenvalue weighted by Crippen LogP contribution is 2.51. The van der Waals surface area contributed by atoms with Crippen molar-refractivity contribution in [3.05, 3.63) is 53.2 Å². The first-order valence-electron chi connectivity index (χ1n) is 11.9. The zero-order valence-corrected chi connectivity index (χ0v) is 20.0.